The number of halogens is 1. The standard InChI is InChI=1S/C7H14N2O.ClH/c1-5-3-7(8)9-4-6(5)10-2;/h5-6H,3-4H2,1-2H3,(H2,8,9);1H/t5-,6+;/m0./s1. The van der Waals surface area contributed by atoms with Crippen molar-refractivity contribution in [2.24, 2.45) is 16.6 Å². The van der Waals surface area contributed by atoms with Gasteiger partial charge in [0, 0.05) is 13.5 Å². The van der Waals surface area contributed by atoms with Gasteiger partial charge in [0.15, 0.2) is 0 Å². The smallest absolute Gasteiger partial charge is 0.0941 e. The van der Waals surface area contributed by atoms with E-state index in [1.54, 1.807) is 7.11 Å². The summed E-state index contributed by atoms with van der Waals surface area (Å²) in [5.41, 5.74) is 5.54. The Hall–Kier alpha value is -0.280. The molecule has 1 heterocycles. The van der Waals surface area contributed by atoms with Crippen molar-refractivity contribution in [3.05, 3.63) is 0 Å². The van der Waals surface area contributed by atoms with Gasteiger partial charge in [0.1, 0.15) is 0 Å². The van der Waals surface area contributed by atoms with Crippen LogP contribution >= 0.6 is 12.4 Å². The maximum Gasteiger partial charge on any atom is 0.0941 e. The lowest BCUT2D eigenvalue weighted by Crippen LogP contribution is -2.33. The third-order valence-electron chi connectivity index (χ3n) is 1.94. The molecule has 0 unspecified atom stereocenters. The molecule has 0 aromatic rings. The molecule has 66 valence electrons. The van der Waals surface area contributed by atoms with Crippen LogP contribution in [0, 0.1) is 5.92 Å². The molecule has 0 fully saturated rings. The fourth-order valence-electron chi connectivity index (χ4n) is 1.22. The number of hydrogen-bond donors (Lipinski definition) is 1. The van der Waals surface area contributed by atoms with E-state index in [1.165, 1.54) is 0 Å². The normalized spacial score (nSPS) is 30.5. The van der Waals surface area contributed by atoms with Crippen molar-refractivity contribution in [2.45, 2.75) is 19.4 Å². The highest BCUT2D eigenvalue weighted by Gasteiger charge is 2.21. The third-order valence-corrected chi connectivity index (χ3v) is 1.94. The highest BCUT2D eigenvalue weighted by molar-refractivity contribution is 5.85. The lowest BCUT2D eigenvalue weighted by atomic mass is 9.98. The van der Waals surface area contributed by atoms with E-state index in [0.29, 0.717) is 5.92 Å². The Morgan fingerprint density at radius 1 is 1.64 bits per heavy atom. The number of methoxy groups -OCH3 is 1. The van der Waals surface area contributed by atoms with Crippen LogP contribution in [0.3, 0.4) is 0 Å². The van der Waals surface area contributed by atoms with Crippen molar-refractivity contribution in [3.8, 4) is 0 Å². The monoisotopic (exact) mass is 178 g/mol. The Bertz CT molecular complexity index is 149. The predicted octanol–water partition coefficient (Wildman–Crippen LogP) is 0.820. The van der Waals surface area contributed by atoms with E-state index in [-0.39, 0.29) is 18.5 Å². The van der Waals surface area contributed by atoms with E-state index in [4.69, 9.17) is 10.5 Å². The molecule has 1 rings (SSSR count). The third kappa shape index (κ3) is 2.67. The van der Waals surface area contributed by atoms with Gasteiger partial charge in [-0.25, -0.2) is 0 Å². The number of hydrogen-bond acceptors (Lipinski definition) is 3. The molecule has 1 aliphatic heterocycles. The van der Waals surface area contributed by atoms with Crippen LogP contribution < -0.4 is 5.73 Å². The van der Waals surface area contributed by atoms with Crippen LogP contribution in [0.2, 0.25) is 0 Å². The van der Waals surface area contributed by atoms with Crippen LogP contribution in [0.25, 0.3) is 0 Å². The molecule has 0 aliphatic carbocycles. The van der Waals surface area contributed by atoms with E-state index in [1.807, 2.05) is 0 Å². The molecule has 0 aromatic heterocycles. The van der Waals surface area contributed by atoms with E-state index < -0.39 is 0 Å². The Labute approximate surface area is 73.4 Å². The molecule has 0 radical (unpaired) electrons. The van der Waals surface area contributed by atoms with Gasteiger partial charge in [0.25, 0.3) is 0 Å². The SMILES string of the molecule is CO[C@@H]1CN=C(N)C[C@@H]1C.Cl. The van der Waals surface area contributed by atoms with Gasteiger partial charge in [-0.1, -0.05) is 6.92 Å². The summed E-state index contributed by atoms with van der Waals surface area (Å²) in [4.78, 5) is 4.10. The molecule has 4 heteroatoms. The zero-order valence-corrected chi connectivity index (χ0v) is 7.73. The minimum absolute atomic E-state index is 0. The number of nitrogens with two attached hydrogens (primary N) is 1. The molecule has 1 aliphatic rings. The predicted molar refractivity (Wildman–Crippen MR) is 48.3 cm³/mol. The summed E-state index contributed by atoms with van der Waals surface area (Å²) in [5, 5.41) is 0. The Morgan fingerprint density at radius 2 is 2.27 bits per heavy atom. The first-order valence-electron chi connectivity index (χ1n) is 3.55. The topological polar surface area (TPSA) is 47.6 Å². The van der Waals surface area contributed by atoms with Crippen LogP contribution in [0.15, 0.2) is 4.99 Å². The minimum Gasteiger partial charge on any atom is -0.387 e. The first-order chi connectivity index (χ1) is 4.74. The summed E-state index contributed by atoms with van der Waals surface area (Å²) < 4.78 is 5.19. The van der Waals surface area contributed by atoms with Crippen LogP contribution in [0.1, 0.15) is 13.3 Å². The fourth-order valence-corrected chi connectivity index (χ4v) is 1.22. The molecule has 0 aromatic carbocycles. The lowest BCUT2D eigenvalue weighted by Gasteiger charge is -2.24. The van der Waals surface area contributed by atoms with Gasteiger partial charge >= 0.3 is 0 Å². The second-order valence-corrected chi connectivity index (χ2v) is 2.79. The highest BCUT2D eigenvalue weighted by Crippen LogP contribution is 2.15. The molecule has 2 atom stereocenters. The van der Waals surface area contributed by atoms with Gasteiger partial charge in [-0.05, 0) is 5.92 Å². The fraction of sp³-hybridized carbons (Fsp3) is 0.857. The van der Waals surface area contributed by atoms with Crippen molar-refractivity contribution in [1.29, 1.82) is 0 Å². The number of ether oxygens (including phenoxy) is 1. The second kappa shape index (κ2) is 4.57. The Morgan fingerprint density at radius 3 is 2.73 bits per heavy atom. The van der Waals surface area contributed by atoms with E-state index in [2.05, 4.69) is 11.9 Å². The second-order valence-electron chi connectivity index (χ2n) is 2.79. The average molecular weight is 179 g/mol. The number of nitrogens with zero attached hydrogens (tertiary/aromatic N) is 1. The molecule has 0 spiro atoms. The van der Waals surface area contributed by atoms with Gasteiger partial charge in [-0.15, -0.1) is 12.4 Å². The zero-order valence-electron chi connectivity index (χ0n) is 6.91. The van der Waals surface area contributed by atoms with Crippen molar-refractivity contribution in [2.75, 3.05) is 13.7 Å². The van der Waals surface area contributed by atoms with Crippen molar-refractivity contribution in [3.63, 3.8) is 0 Å². The molecular formula is C7H15ClN2O. The lowest BCUT2D eigenvalue weighted by molar-refractivity contribution is 0.0642. The number of rotatable bonds is 1. The van der Waals surface area contributed by atoms with Crippen molar-refractivity contribution in [1.82, 2.24) is 0 Å². The average Bonchev–Trinajstić information content (AvgIpc) is 1.88. The van der Waals surface area contributed by atoms with Gasteiger partial charge < -0.3 is 10.5 Å². The first kappa shape index (κ1) is 10.7. The first-order valence-corrected chi connectivity index (χ1v) is 3.55. The molecule has 0 saturated heterocycles. The maximum absolute atomic E-state index is 5.54. The summed E-state index contributed by atoms with van der Waals surface area (Å²) in [6.07, 6.45) is 1.14. The summed E-state index contributed by atoms with van der Waals surface area (Å²) in [6.45, 7) is 2.86. The van der Waals surface area contributed by atoms with Crippen LogP contribution in [-0.4, -0.2) is 25.6 Å². The zero-order chi connectivity index (χ0) is 7.56. The Kier molecular flexibility index (Phi) is 4.45. The van der Waals surface area contributed by atoms with Gasteiger partial charge in [0.2, 0.25) is 0 Å². The van der Waals surface area contributed by atoms with Gasteiger partial charge in [0.05, 0.1) is 18.5 Å². The molecule has 2 N–H and O–H groups in total. The maximum atomic E-state index is 5.54. The van der Waals surface area contributed by atoms with E-state index >= 15 is 0 Å². The van der Waals surface area contributed by atoms with Gasteiger partial charge in [-0.3, -0.25) is 4.99 Å². The minimum atomic E-state index is 0. The molecule has 3 nitrogen and oxygen atoms in total. The summed E-state index contributed by atoms with van der Waals surface area (Å²) in [7, 11) is 1.72. The van der Waals surface area contributed by atoms with Gasteiger partial charge in [-0.2, -0.15) is 0 Å². The quantitative estimate of drug-likeness (QED) is 0.647. The van der Waals surface area contributed by atoms with E-state index in [9.17, 15) is 0 Å². The molecule has 0 bridgehead atoms. The van der Waals surface area contributed by atoms with Crippen molar-refractivity contribution >= 4 is 18.2 Å². The van der Waals surface area contributed by atoms with Crippen LogP contribution in [-0.2, 0) is 4.74 Å². The number of aliphatic imine (C=N–C) groups is 1. The molecule has 0 saturated carbocycles. The summed E-state index contributed by atoms with van der Waals surface area (Å²) >= 11 is 0. The molecule has 0 amide bonds. The molecule has 11 heavy (non-hydrogen) atoms. The molecular weight excluding hydrogens is 164 g/mol. The van der Waals surface area contributed by atoms with Crippen molar-refractivity contribution < 1.29 is 4.74 Å². The van der Waals surface area contributed by atoms with Crippen LogP contribution in [0.4, 0.5) is 0 Å². The summed E-state index contributed by atoms with van der Waals surface area (Å²) in [6, 6.07) is 0. The largest absolute Gasteiger partial charge is 0.387 e. The highest BCUT2D eigenvalue weighted by atomic mass is 35.5. The summed E-state index contributed by atoms with van der Waals surface area (Å²) in [5.74, 6) is 1.28. The Balaban J connectivity index is 0.000001000. The van der Waals surface area contributed by atoms with Crippen LogP contribution in [0.5, 0.6) is 0 Å². The number of amidine groups is 1. The van der Waals surface area contributed by atoms with E-state index in [0.717, 1.165) is 18.8 Å².